The molecule has 0 bridgehead atoms. The van der Waals surface area contributed by atoms with Crippen molar-refractivity contribution in [2.75, 3.05) is 24.3 Å². The number of hydrogen-bond donors (Lipinski definition) is 1. The lowest BCUT2D eigenvalue weighted by Crippen LogP contribution is -2.27. The number of amides is 1. The number of halogens is 3. The summed E-state index contributed by atoms with van der Waals surface area (Å²) in [6, 6.07) is 3.26. The molecule has 1 aliphatic heterocycles. The SMILES string of the molecule is COc1ccc(N2CC(CS(N)(=O)=O)CC2=O)cc1C(F)(F)F. The molecule has 1 amide bonds. The first-order valence-electron chi connectivity index (χ1n) is 6.57. The molecule has 1 aliphatic rings. The maximum absolute atomic E-state index is 13.0. The highest BCUT2D eigenvalue weighted by atomic mass is 32.2. The first-order valence-corrected chi connectivity index (χ1v) is 8.29. The van der Waals surface area contributed by atoms with Gasteiger partial charge in [0.1, 0.15) is 5.75 Å². The molecule has 0 aromatic heterocycles. The monoisotopic (exact) mass is 352 g/mol. The summed E-state index contributed by atoms with van der Waals surface area (Å²) >= 11 is 0. The Morgan fingerprint density at radius 3 is 2.57 bits per heavy atom. The number of carbonyl (C=O) groups excluding carboxylic acids is 1. The third-order valence-corrected chi connectivity index (χ3v) is 4.41. The Labute approximate surface area is 131 Å². The van der Waals surface area contributed by atoms with Crippen LogP contribution in [0.3, 0.4) is 0 Å². The van der Waals surface area contributed by atoms with Crippen LogP contribution in [-0.2, 0) is 21.0 Å². The van der Waals surface area contributed by atoms with Crippen LogP contribution in [0.4, 0.5) is 18.9 Å². The van der Waals surface area contributed by atoms with Gasteiger partial charge in [-0.15, -0.1) is 0 Å². The van der Waals surface area contributed by atoms with Crippen LogP contribution in [0, 0.1) is 5.92 Å². The summed E-state index contributed by atoms with van der Waals surface area (Å²) in [5.74, 6) is -1.74. The lowest BCUT2D eigenvalue weighted by Gasteiger charge is -2.20. The number of carbonyl (C=O) groups is 1. The van der Waals surface area contributed by atoms with Crippen LogP contribution in [0.25, 0.3) is 0 Å². The predicted octanol–water partition coefficient (Wildman–Crippen LogP) is 1.36. The van der Waals surface area contributed by atoms with Crippen molar-refractivity contribution in [1.29, 1.82) is 0 Å². The molecule has 1 atom stereocenters. The molecule has 2 rings (SSSR count). The summed E-state index contributed by atoms with van der Waals surface area (Å²) < 4.78 is 65.9. The minimum atomic E-state index is -4.63. The maximum Gasteiger partial charge on any atom is 0.420 e. The van der Waals surface area contributed by atoms with Crippen LogP contribution >= 0.6 is 0 Å². The average Bonchev–Trinajstić information content (AvgIpc) is 2.75. The smallest absolute Gasteiger partial charge is 0.420 e. The Balaban J connectivity index is 2.30. The molecule has 1 aromatic rings. The maximum atomic E-state index is 13.0. The Bertz CT molecular complexity index is 718. The van der Waals surface area contributed by atoms with Gasteiger partial charge in [-0.05, 0) is 18.2 Å². The minimum Gasteiger partial charge on any atom is -0.496 e. The number of primary sulfonamides is 1. The predicted molar refractivity (Wildman–Crippen MR) is 76.4 cm³/mol. The zero-order valence-electron chi connectivity index (χ0n) is 12.1. The second-order valence-corrected chi connectivity index (χ2v) is 6.95. The molecular formula is C13H15F3N2O4S. The Kier molecular flexibility index (Phi) is 4.58. The number of anilines is 1. The lowest BCUT2D eigenvalue weighted by atomic mass is 10.1. The fourth-order valence-electron chi connectivity index (χ4n) is 2.56. The molecule has 1 fully saturated rings. The Morgan fingerprint density at radius 1 is 1.39 bits per heavy atom. The van der Waals surface area contributed by atoms with E-state index in [2.05, 4.69) is 4.74 Å². The number of benzene rings is 1. The van der Waals surface area contributed by atoms with Crippen LogP contribution in [0.2, 0.25) is 0 Å². The van der Waals surface area contributed by atoms with E-state index in [1.165, 1.54) is 6.07 Å². The van der Waals surface area contributed by atoms with E-state index < -0.39 is 39.3 Å². The summed E-state index contributed by atoms with van der Waals surface area (Å²) in [7, 11) is -2.64. The molecule has 0 aliphatic carbocycles. The molecule has 1 saturated heterocycles. The van der Waals surface area contributed by atoms with Crippen molar-refractivity contribution in [3.8, 4) is 5.75 Å². The first-order chi connectivity index (χ1) is 10.5. The van der Waals surface area contributed by atoms with Crippen LogP contribution in [0.1, 0.15) is 12.0 Å². The van der Waals surface area contributed by atoms with E-state index in [9.17, 15) is 26.4 Å². The number of alkyl halides is 3. The highest BCUT2D eigenvalue weighted by Gasteiger charge is 2.37. The van der Waals surface area contributed by atoms with Gasteiger partial charge < -0.3 is 9.64 Å². The van der Waals surface area contributed by atoms with E-state index in [1.807, 2.05) is 0 Å². The Hall–Kier alpha value is -1.81. The summed E-state index contributed by atoms with van der Waals surface area (Å²) in [6.07, 6.45) is -4.71. The fourth-order valence-corrected chi connectivity index (χ4v) is 3.44. The Morgan fingerprint density at radius 2 is 2.04 bits per heavy atom. The fraction of sp³-hybridized carbons (Fsp3) is 0.462. The largest absolute Gasteiger partial charge is 0.496 e. The first kappa shape index (κ1) is 17.5. The van der Waals surface area contributed by atoms with Gasteiger partial charge in [-0.1, -0.05) is 0 Å². The second kappa shape index (κ2) is 6.00. The van der Waals surface area contributed by atoms with E-state index in [-0.39, 0.29) is 24.4 Å². The van der Waals surface area contributed by atoms with Gasteiger partial charge >= 0.3 is 6.18 Å². The highest BCUT2D eigenvalue weighted by Crippen LogP contribution is 2.39. The normalized spacial score (nSPS) is 19.3. The number of nitrogens with two attached hydrogens (primary N) is 1. The van der Waals surface area contributed by atoms with Gasteiger partial charge in [-0.2, -0.15) is 13.2 Å². The lowest BCUT2D eigenvalue weighted by molar-refractivity contribution is -0.138. The van der Waals surface area contributed by atoms with Crippen LogP contribution in [0.15, 0.2) is 18.2 Å². The number of ether oxygens (including phenoxy) is 1. The van der Waals surface area contributed by atoms with E-state index >= 15 is 0 Å². The molecule has 0 spiro atoms. The van der Waals surface area contributed by atoms with Crippen molar-refractivity contribution in [2.45, 2.75) is 12.6 Å². The van der Waals surface area contributed by atoms with E-state index in [0.717, 1.165) is 24.1 Å². The molecule has 23 heavy (non-hydrogen) atoms. The molecule has 1 heterocycles. The van der Waals surface area contributed by atoms with Crippen molar-refractivity contribution in [3.63, 3.8) is 0 Å². The van der Waals surface area contributed by atoms with Crippen LogP contribution < -0.4 is 14.8 Å². The van der Waals surface area contributed by atoms with Crippen LogP contribution in [0.5, 0.6) is 5.75 Å². The number of sulfonamides is 1. The molecule has 1 unspecified atom stereocenters. The van der Waals surface area contributed by atoms with Crippen molar-refractivity contribution >= 4 is 21.6 Å². The molecule has 0 radical (unpaired) electrons. The highest BCUT2D eigenvalue weighted by molar-refractivity contribution is 7.89. The summed E-state index contributed by atoms with van der Waals surface area (Å²) in [4.78, 5) is 13.1. The third-order valence-electron chi connectivity index (χ3n) is 3.47. The van der Waals surface area contributed by atoms with Crippen molar-refractivity contribution in [1.82, 2.24) is 0 Å². The molecule has 6 nitrogen and oxygen atoms in total. The quantitative estimate of drug-likeness (QED) is 0.886. The molecule has 0 saturated carbocycles. The molecule has 128 valence electrons. The standard InChI is InChI=1S/C13H15F3N2O4S/c1-22-11-3-2-9(5-10(11)13(14,15)16)18-6-8(4-12(18)19)7-23(17,20)21/h2-3,5,8H,4,6-7H2,1H3,(H2,17,20,21). The van der Waals surface area contributed by atoms with Crippen molar-refractivity contribution in [3.05, 3.63) is 23.8 Å². The van der Waals surface area contributed by atoms with Gasteiger partial charge in [0.25, 0.3) is 0 Å². The van der Waals surface area contributed by atoms with Gasteiger partial charge in [-0.25, -0.2) is 13.6 Å². The summed E-state index contributed by atoms with van der Waals surface area (Å²) in [5, 5.41) is 4.94. The summed E-state index contributed by atoms with van der Waals surface area (Å²) in [6.45, 7) is -0.00110. The summed E-state index contributed by atoms with van der Waals surface area (Å²) in [5.41, 5.74) is -0.958. The molecular weight excluding hydrogens is 337 g/mol. The minimum absolute atomic E-state index is 0.00110. The zero-order chi connectivity index (χ0) is 17.4. The number of rotatable bonds is 4. The van der Waals surface area contributed by atoms with E-state index in [4.69, 9.17) is 5.14 Å². The van der Waals surface area contributed by atoms with Gasteiger partial charge in [0, 0.05) is 24.6 Å². The molecule has 1 aromatic carbocycles. The number of nitrogens with zero attached hydrogens (tertiary/aromatic N) is 1. The van der Waals surface area contributed by atoms with Gasteiger partial charge in [-0.3, -0.25) is 4.79 Å². The molecule has 2 N–H and O–H groups in total. The van der Waals surface area contributed by atoms with Gasteiger partial charge in [0.05, 0.1) is 18.4 Å². The second-order valence-electron chi connectivity index (χ2n) is 5.29. The average molecular weight is 352 g/mol. The van der Waals surface area contributed by atoms with Gasteiger partial charge in [0.2, 0.25) is 15.9 Å². The van der Waals surface area contributed by atoms with Crippen molar-refractivity contribution < 1.29 is 31.1 Å². The van der Waals surface area contributed by atoms with E-state index in [0.29, 0.717) is 0 Å². The van der Waals surface area contributed by atoms with E-state index in [1.54, 1.807) is 0 Å². The number of methoxy groups -OCH3 is 1. The third kappa shape index (κ3) is 4.14. The van der Waals surface area contributed by atoms with Gasteiger partial charge in [0.15, 0.2) is 0 Å². The zero-order valence-corrected chi connectivity index (χ0v) is 12.9. The topological polar surface area (TPSA) is 89.7 Å². The van der Waals surface area contributed by atoms with Crippen molar-refractivity contribution in [2.24, 2.45) is 11.1 Å². The van der Waals surface area contributed by atoms with Crippen LogP contribution in [-0.4, -0.2) is 33.7 Å². The number of hydrogen-bond acceptors (Lipinski definition) is 4. The molecule has 10 heteroatoms.